The van der Waals surface area contributed by atoms with Gasteiger partial charge in [0.15, 0.2) is 23.8 Å². The number of hydrogen-bond acceptors (Lipinski definition) is 2. The van der Waals surface area contributed by atoms with Crippen LogP contribution >= 0.6 is 0 Å². The van der Waals surface area contributed by atoms with Gasteiger partial charge in [-0.3, -0.25) is 0 Å². The Morgan fingerprint density at radius 3 is 2.00 bits per heavy atom. The molecule has 0 saturated heterocycles. The fourth-order valence-corrected chi connectivity index (χ4v) is 4.90. The van der Waals surface area contributed by atoms with E-state index < -0.39 is 11.6 Å². The maximum atomic E-state index is 14.4. The minimum Gasteiger partial charge on any atom is -1.00 e. The zero-order valence-electron chi connectivity index (χ0n) is 21.5. The number of fused-ring (bicyclic) bond motifs is 1. The summed E-state index contributed by atoms with van der Waals surface area (Å²) in [6.07, 6.45) is 13.0. The summed E-state index contributed by atoms with van der Waals surface area (Å²) in [5, 5.41) is 0. The topological polar surface area (TPSA) is 21.5 Å². The number of benzene rings is 2. The third kappa shape index (κ3) is 7.93. The molecule has 0 aromatic heterocycles. The number of unbranched alkanes of at least 4 members (excludes halogenated alkanes) is 8. The van der Waals surface area contributed by atoms with Crippen LogP contribution in [0.25, 0.3) is 0 Å². The van der Waals surface area contributed by atoms with Crippen molar-refractivity contribution in [1.29, 1.82) is 0 Å². The van der Waals surface area contributed by atoms with Gasteiger partial charge in [-0.25, -0.2) is 13.4 Å². The molecule has 35 heavy (non-hydrogen) atoms. The van der Waals surface area contributed by atoms with Crippen molar-refractivity contribution < 1.29 is 35.2 Å². The Hall–Kier alpha value is -2.14. The van der Waals surface area contributed by atoms with E-state index >= 15 is 0 Å². The molecule has 0 amide bonds. The predicted molar refractivity (Wildman–Crippen MR) is 134 cm³/mol. The van der Waals surface area contributed by atoms with E-state index in [4.69, 9.17) is 9.47 Å². The summed E-state index contributed by atoms with van der Waals surface area (Å²) in [5.41, 5.74) is 3.60. The fraction of sp³-hybridized carbons (Fsp3) is 0.552. The fourth-order valence-electron chi connectivity index (χ4n) is 4.90. The van der Waals surface area contributed by atoms with Gasteiger partial charge in [0.1, 0.15) is 18.2 Å². The Bertz CT molecular complexity index is 957. The average molecular weight is 508 g/mol. The van der Waals surface area contributed by atoms with Crippen LogP contribution in [0.2, 0.25) is 0 Å². The molecule has 6 heteroatoms. The number of ether oxygens (including phenoxy) is 2. The number of rotatable bonds is 14. The van der Waals surface area contributed by atoms with E-state index in [2.05, 4.69) is 11.5 Å². The SMILES string of the molecule is CCCCCCCCCCCC1=[N+](Cc2c(F)cccc2F)CCc2cc(OC)c(OC)cc21.[Cl-]. The van der Waals surface area contributed by atoms with Crippen molar-refractivity contribution in [1.82, 2.24) is 0 Å². The highest BCUT2D eigenvalue weighted by molar-refractivity contribution is 5.99. The molecule has 2 aromatic rings. The molecule has 0 fully saturated rings. The van der Waals surface area contributed by atoms with Crippen LogP contribution in [0.1, 0.15) is 87.8 Å². The zero-order chi connectivity index (χ0) is 24.3. The van der Waals surface area contributed by atoms with Crippen LogP contribution in [0, 0.1) is 11.6 Å². The van der Waals surface area contributed by atoms with E-state index in [0.29, 0.717) is 5.75 Å². The lowest BCUT2D eigenvalue weighted by Gasteiger charge is -2.21. The standard InChI is InChI=1S/C29H40F2NO2.ClH/c1-4-5-6-7-8-9-10-11-12-16-27-23-20-29(34-3)28(33-2)19-22(23)17-18-32(27)21-24-25(30)14-13-15-26(24)31;/h13-15,19-20H,4-12,16-18,21H2,1-3H3;1H/q+1;/p-1. The first kappa shape index (κ1) is 29.1. The number of nitrogens with zero attached hydrogens (tertiary/aromatic N) is 1. The molecule has 1 aliphatic heterocycles. The molecule has 194 valence electrons. The summed E-state index contributed by atoms with van der Waals surface area (Å²) in [5.74, 6) is 0.433. The summed E-state index contributed by atoms with van der Waals surface area (Å²) in [7, 11) is 3.28. The Morgan fingerprint density at radius 2 is 1.40 bits per heavy atom. The molecule has 1 aliphatic rings. The lowest BCUT2D eigenvalue weighted by molar-refractivity contribution is -0.546. The van der Waals surface area contributed by atoms with E-state index in [1.165, 1.54) is 75.1 Å². The lowest BCUT2D eigenvalue weighted by Crippen LogP contribution is -3.00. The molecule has 3 nitrogen and oxygen atoms in total. The molecule has 1 heterocycles. The van der Waals surface area contributed by atoms with Crippen molar-refractivity contribution in [2.75, 3.05) is 20.8 Å². The molecule has 0 radical (unpaired) electrons. The Morgan fingerprint density at radius 1 is 0.829 bits per heavy atom. The summed E-state index contributed by atoms with van der Waals surface area (Å²) in [6, 6.07) is 8.17. The van der Waals surface area contributed by atoms with E-state index in [0.717, 1.165) is 42.8 Å². The lowest BCUT2D eigenvalue weighted by atomic mass is 9.92. The van der Waals surface area contributed by atoms with Crippen LogP contribution in [-0.4, -0.2) is 31.1 Å². The Kier molecular flexibility index (Phi) is 12.5. The van der Waals surface area contributed by atoms with Crippen LogP contribution < -0.4 is 21.9 Å². The molecule has 0 spiro atoms. The Balaban J connectivity index is 0.00000432. The predicted octanol–water partition coefficient (Wildman–Crippen LogP) is 4.46. The third-order valence-corrected chi connectivity index (χ3v) is 6.88. The maximum absolute atomic E-state index is 14.4. The highest BCUT2D eigenvalue weighted by Gasteiger charge is 2.29. The van der Waals surface area contributed by atoms with Gasteiger partial charge in [0.05, 0.1) is 19.8 Å². The molecule has 0 atom stereocenters. The molecular weight excluding hydrogens is 468 g/mol. The van der Waals surface area contributed by atoms with Gasteiger partial charge in [0.2, 0.25) is 0 Å². The van der Waals surface area contributed by atoms with E-state index in [9.17, 15) is 8.78 Å². The second-order valence-corrected chi connectivity index (χ2v) is 9.26. The molecule has 2 aromatic carbocycles. The molecule has 0 bridgehead atoms. The highest BCUT2D eigenvalue weighted by Crippen LogP contribution is 2.33. The average Bonchev–Trinajstić information content (AvgIpc) is 2.85. The highest BCUT2D eigenvalue weighted by atomic mass is 35.5. The molecule has 3 rings (SSSR count). The number of halogens is 3. The molecule has 0 N–H and O–H groups in total. The van der Waals surface area contributed by atoms with Gasteiger partial charge >= 0.3 is 0 Å². The van der Waals surface area contributed by atoms with Crippen LogP contribution in [-0.2, 0) is 13.0 Å². The summed E-state index contributed by atoms with van der Waals surface area (Å²) < 4.78 is 42.1. The van der Waals surface area contributed by atoms with Crippen molar-refractivity contribution in [2.24, 2.45) is 0 Å². The van der Waals surface area contributed by atoms with Gasteiger partial charge in [0, 0.05) is 18.4 Å². The molecule has 0 unspecified atom stereocenters. The largest absolute Gasteiger partial charge is 1.00 e. The van der Waals surface area contributed by atoms with Crippen molar-refractivity contribution in [2.45, 2.75) is 84.1 Å². The van der Waals surface area contributed by atoms with E-state index in [1.807, 2.05) is 12.1 Å². The van der Waals surface area contributed by atoms with Crippen molar-refractivity contribution in [3.8, 4) is 11.5 Å². The minimum absolute atomic E-state index is 0. The van der Waals surface area contributed by atoms with Crippen molar-refractivity contribution >= 4 is 5.71 Å². The normalized spacial score (nSPS) is 12.8. The summed E-state index contributed by atoms with van der Waals surface area (Å²) in [6.45, 7) is 3.21. The van der Waals surface area contributed by atoms with Crippen LogP contribution in [0.5, 0.6) is 11.5 Å². The number of hydrogen-bond donors (Lipinski definition) is 0. The first-order valence-electron chi connectivity index (χ1n) is 12.9. The molecule has 0 aliphatic carbocycles. The molecule has 0 saturated carbocycles. The van der Waals surface area contributed by atoms with Crippen LogP contribution in [0.3, 0.4) is 0 Å². The van der Waals surface area contributed by atoms with Gasteiger partial charge in [-0.1, -0.05) is 64.4 Å². The first-order chi connectivity index (χ1) is 16.6. The van der Waals surface area contributed by atoms with E-state index in [-0.39, 0.29) is 24.5 Å². The second-order valence-electron chi connectivity index (χ2n) is 9.26. The first-order valence-corrected chi connectivity index (χ1v) is 12.9. The minimum atomic E-state index is -0.486. The summed E-state index contributed by atoms with van der Waals surface area (Å²) >= 11 is 0. The van der Waals surface area contributed by atoms with Crippen molar-refractivity contribution in [3.05, 3.63) is 58.7 Å². The Labute approximate surface area is 216 Å². The number of methoxy groups -OCH3 is 2. The van der Waals surface area contributed by atoms with Crippen molar-refractivity contribution in [3.63, 3.8) is 0 Å². The third-order valence-electron chi connectivity index (χ3n) is 6.88. The monoisotopic (exact) mass is 507 g/mol. The quantitative estimate of drug-likeness (QED) is 0.278. The van der Waals surface area contributed by atoms with Crippen LogP contribution in [0.4, 0.5) is 8.78 Å². The van der Waals surface area contributed by atoms with Crippen LogP contribution in [0.15, 0.2) is 30.3 Å². The zero-order valence-corrected chi connectivity index (χ0v) is 22.2. The van der Waals surface area contributed by atoms with Gasteiger partial charge in [-0.15, -0.1) is 0 Å². The van der Waals surface area contributed by atoms with E-state index in [1.54, 1.807) is 14.2 Å². The summed E-state index contributed by atoms with van der Waals surface area (Å²) in [4.78, 5) is 0. The van der Waals surface area contributed by atoms with Gasteiger partial charge < -0.3 is 21.9 Å². The second kappa shape index (κ2) is 15.1. The smallest absolute Gasteiger partial charge is 0.184 e. The van der Waals surface area contributed by atoms with Gasteiger partial charge in [0.25, 0.3) is 0 Å². The molecular formula is C29H40ClF2NO2. The van der Waals surface area contributed by atoms with Gasteiger partial charge in [-0.05, 0) is 36.2 Å². The van der Waals surface area contributed by atoms with Gasteiger partial charge in [-0.2, -0.15) is 0 Å². The maximum Gasteiger partial charge on any atom is 0.184 e.